The average Bonchev–Trinajstić information content (AvgIpc) is 3.20. The minimum Gasteiger partial charge on any atom is -0.351 e. The summed E-state index contributed by atoms with van der Waals surface area (Å²) >= 11 is 1.70. The summed E-state index contributed by atoms with van der Waals surface area (Å²) in [6.45, 7) is 2.42. The number of carbonyl (C=O) groups is 2. The van der Waals surface area contributed by atoms with Crippen LogP contribution in [0.5, 0.6) is 0 Å². The van der Waals surface area contributed by atoms with Crippen molar-refractivity contribution in [1.82, 2.24) is 19.6 Å². The Balaban J connectivity index is 1.53. The first-order valence-corrected chi connectivity index (χ1v) is 10.8. The standard InChI is InChI=1S/C20H24N6O2S/c1-29-25-6-4-17(12-25)24-19(27)16-8-14(9-22-10-16)15-7-13-3-2-5-26(20(21)28)18(13)23-11-15/h7-11,17H,2-6,12H2,1H3,(H2,21,28)(H,24,27). The minimum absolute atomic E-state index is 0.113. The summed E-state index contributed by atoms with van der Waals surface area (Å²) in [5, 5.41) is 3.10. The molecule has 2 aliphatic heterocycles. The van der Waals surface area contributed by atoms with E-state index in [1.807, 2.05) is 18.4 Å². The molecule has 8 nitrogen and oxygen atoms in total. The van der Waals surface area contributed by atoms with Crippen LogP contribution < -0.4 is 16.0 Å². The maximum Gasteiger partial charge on any atom is 0.320 e. The number of urea groups is 1. The van der Waals surface area contributed by atoms with E-state index in [0.717, 1.165) is 49.0 Å². The monoisotopic (exact) mass is 412 g/mol. The van der Waals surface area contributed by atoms with Gasteiger partial charge >= 0.3 is 6.03 Å². The number of hydrogen-bond donors (Lipinski definition) is 2. The van der Waals surface area contributed by atoms with Gasteiger partial charge in [-0.05, 0) is 43.2 Å². The Labute approximate surface area is 174 Å². The molecule has 2 aliphatic rings. The van der Waals surface area contributed by atoms with Crippen LogP contribution in [0.25, 0.3) is 11.1 Å². The molecule has 1 fully saturated rings. The zero-order valence-corrected chi connectivity index (χ0v) is 17.1. The summed E-state index contributed by atoms with van der Waals surface area (Å²) < 4.78 is 2.24. The molecular weight excluding hydrogens is 388 g/mol. The molecule has 9 heteroatoms. The Morgan fingerprint density at radius 3 is 2.79 bits per heavy atom. The fraction of sp³-hybridized carbons (Fsp3) is 0.400. The molecule has 0 saturated carbocycles. The topological polar surface area (TPSA) is 104 Å². The van der Waals surface area contributed by atoms with Crippen LogP contribution in [0.2, 0.25) is 0 Å². The van der Waals surface area contributed by atoms with E-state index < -0.39 is 6.03 Å². The second kappa shape index (κ2) is 8.38. The van der Waals surface area contributed by atoms with Crippen molar-refractivity contribution < 1.29 is 9.59 Å². The third-order valence-electron chi connectivity index (χ3n) is 5.37. The van der Waals surface area contributed by atoms with E-state index in [0.29, 0.717) is 17.9 Å². The van der Waals surface area contributed by atoms with Gasteiger partial charge in [0.1, 0.15) is 5.82 Å². The van der Waals surface area contributed by atoms with Gasteiger partial charge in [0.15, 0.2) is 0 Å². The molecule has 2 aromatic heterocycles. The van der Waals surface area contributed by atoms with Crippen molar-refractivity contribution in [2.45, 2.75) is 25.3 Å². The second-order valence-electron chi connectivity index (χ2n) is 7.29. The first kappa shape index (κ1) is 19.7. The molecule has 3 N–H and O–H groups in total. The SMILES string of the molecule is CSN1CCC(NC(=O)c2cncc(-c3cnc4c(c3)CCCN4C(N)=O)c2)C1. The van der Waals surface area contributed by atoms with Gasteiger partial charge in [0.05, 0.1) is 5.56 Å². The van der Waals surface area contributed by atoms with Crippen molar-refractivity contribution in [3.63, 3.8) is 0 Å². The lowest BCUT2D eigenvalue weighted by molar-refractivity contribution is 0.0939. The summed E-state index contributed by atoms with van der Waals surface area (Å²) in [6.07, 6.45) is 9.68. The summed E-state index contributed by atoms with van der Waals surface area (Å²) in [4.78, 5) is 34.5. The molecule has 0 aliphatic carbocycles. The van der Waals surface area contributed by atoms with Gasteiger partial charge in [-0.15, -0.1) is 0 Å². The number of fused-ring (bicyclic) bond motifs is 1. The second-order valence-corrected chi connectivity index (χ2v) is 8.17. The van der Waals surface area contributed by atoms with Crippen LogP contribution in [0.1, 0.15) is 28.8 Å². The van der Waals surface area contributed by atoms with Gasteiger partial charge in [-0.3, -0.25) is 14.7 Å². The lowest BCUT2D eigenvalue weighted by Gasteiger charge is -2.26. The molecule has 0 aromatic carbocycles. The number of carbonyl (C=O) groups excluding carboxylic acids is 2. The van der Waals surface area contributed by atoms with Crippen LogP contribution in [0, 0.1) is 0 Å². The van der Waals surface area contributed by atoms with Crippen molar-refractivity contribution in [2.75, 3.05) is 30.8 Å². The first-order valence-electron chi connectivity index (χ1n) is 9.66. The van der Waals surface area contributed by atoms with Crippen molar-refractivity contribution in [1.29, 1.82) is 0 Å². The predicted octanol–water partition coefficient (Wildman–Crippen LogP) is 2.06. The fourth-order valence-corrected chi connectivity index (χ4v) is 4.46. The number of pyridine rings is 2. The maximum absolute atomic E-state index is 12.7. The summed E-state index contributed by atoms with van der Waals surface area (Å²) in [7, 11) is 0. The van der Waals surface area contributed by atoms with Crippen molar-refractivity contribution in [3.8, 4) is 11.1 Å². The van der Waals surface area contributed by atoms with Crippen molar-refractivity contribution >= 4 is 29.7 Å². The van der Waals surface area contributed by atoms with Gasteiger partial charge in [-0.25, -0.2) is 14.1 Å². The van der Waals surface area contributed by atoms with E-state index in [1.165, 1.54) is 4.90 Å². The molecule has 0 bridgehead atoms. The van der Waals surface area contributed by atoms with Crippen molar-refractivity contribution in [2.24, 2.45) is 5.73 Å². The third kappa shape index (κ3) is 4.20. The number of nitrogens with zero attached hydrogens (tertiary/aromatic N) is 4. The lowest BCUT2D eigenvalue weighted by atomic mass is 10.0. The van der Waals surface area contributed by atoms with Gasteiger partial charge in [-0.1, -0.05) is 11.9 Å². The number of amides is 3. The number of nitrogens with two attached hydrogens (primary N) is 1. The molecule has 29 heavy (non-hydrogen) atoms. The number of aryl methyl sites for hydroxylation is 1. The van der Waals surface area contributed by atoms with Gasteiger partial charge < -0.3 is 11.1 Å². The van der Waals surface area contributed by atoms with E-state index in [4.69, 9.17) is 5.73 Å². The van der Waals surface area contributed by atoms with Crippen molar-refractivity contribution in [3.05, 3.63) is 41.9 Å². The Morgan fingerprint density at radius 2 is 2.03 bits per heavy atom. The number of anilines is 1. The van der Waals surface area contributed by atoms with Gasteiger partial charge in [0.25, 0.3) is 5.91 Å². The van der Waals surface area contributed by atoms with Crippen LogP contribution in [0.4, 0.5) is 10.6 Å². The lowest BCUT2D eigenvalue weighted by Crippen LogP contribution is -2.40. The Bertz CT molecular complexity index is 937. The van der Waals surface area contributed by atoms with Gasteiger partial charge in [0.2, 0.25) is 0 Å². The number of aromatic nitrogens is 2. The molecule has 2 aromatic rings. The number of nitrogens with one attached hydrogen (secondary N) is 1. The van der Waals surface area contributed by atoms with Crippen LogP contribution in [-0.2, 0) is 6.42 Å². The smallest absolute Gasteiger partial charge is 0.320 e. The molecule has 1 atom stereocenters. The summed E-state index contributed by atoms with van der Waals surface area (Å²) in [6, 6.07) is 3.51. The Morgan fingerprint density at radius 1 is 1.21 bits per heavy atom. The largest absolute Gasteiger partial charge is 0.351 e. The quantitative estimate of drug-likeness (QED) is 0.745. The zero-order chi connectivity index (χ0) is 20.4. The Hall–Kier alpha value is -2.65. The highest BCUT2D eigenvalue weighted by molar-refractivity contribution is 7.96. The summed E-state index contributed by atoms with van der Waals surface area (Å²) in [5.41, 5.74) is 8.65. The van der Waals surface area contributed by atoms with Crippen LogP contribution >= 0.6 is 11.9 Å². The number of hydrogen-bond acceptors (Lipinski definition) is 6. The van der Waals surface area contributed by atoms with Crippen LogP contribution in [0.3, 0.4) is 0 Å². The van der Waals surface area contributed by atoms with Gasteiger partial charge in [-0.2, -0.15) is 0 Å². The highest BCUT2D eigenvalue weighted by Crippen LogP contribution is 2.29. The average molecular weight is 413 g/mol. The predicted molar refractivity (Wildman–Crippen MR) is 114 cm³/mol. The summed E-state index contributed by atoms with van der Waals surface area (Å²) in [5.74, 6) is 0.507. The zero-order valence-electron chi connectivity index (χ0n) is 16.3. The molecule has 0 spiro atoms. The molecule has 152 valence electrons. The molecular formula is C20H24N6O2S. The first-order chi connectivity index (χ1) is 14.0. The van der Waals surface area contributed by atoms with E-state index in [1.54, 1.807) is 30.5 Å². The molecule has 1 saturated heterocycles. The van der Waals surface area contributed by atoms with E-state index in [-0.39, 0.29) is 11.9 Å². The van der Waals surface area contributed by atoms with E-state index in [9.17, 15) is 9.59 Å². The Kier molecular flexibility index (Phi) is 5.68. The van der Waals surface area contributed by atoms with Crippen LogP contribution in [0.15, 0.2) is 30.7 Å². The van der Waals surface area contributed by atoms with E-state index >= 15 is 0 Å². The normalized spacial score (nSPS) is 19.1. The maximum atomic E-state index is 12.7. The number of primary amides is 1. The molecule has 3 amide bonds. The molecule has 1 unspecified atom stereocenters. The molecule has 4 rings (SSSR count). The fourth-order valence-electron chi connectivity index (χ4n) is 3.84. The third-order valence-corrected chi connectivity index (χ3v) is 6.22. The highest BCUT2D eigenvalue weighted by Gasteiger charge is 2.25. The highest BCUT2D eigenvalue weighted by atomic mass is 32.2. The number of rotatable bonds is 4. The minimum atomic E-state index is -0.488. The van der Waals surface area contributed by atoms with Crippen LogP contribution in [-0.4, -0.2) is 58.1 Å². The molecule has 4 heterocycles. The van der Waals surface area contributed by atoms with Gasteiger partial charge in [0, 0.05) is 55.4 Å². The molecule has 0 radical (unpaired) electrons. The van der Waals surface area contributed by atoms with E-state index in [2.05, 4.69) is 19.6 Å².